The summed E-state index contributed by atoms with van der Waals surface area (Å²) in [4.78, 5) is 27.4. The number of piperidine rings is 1. The molecule has 1 heterocycles. The van der Waals surface area contributed by atoms with Crippen molar-refractivity contribution in [1.82, 2.24) is 10.2 Å². The van der Waals surface area contributed by atoms with Crippen molar-refractivity contribution >= 4 is 12.0 Å². The Morgan fingerprint density at radius 3 is 2.37 bits per heavy atom. The van der Waals surface area contributed by atoms with E-state index in [1.165, 1.54) is 19.3 Å². The molecule has 2 amide bonds. The number of carbonyl (C=O) groups is 2. The zero-order valence-electron chi connectivity index (χ0n) is 17.4. The van der Waals surface area contributed by atoms with Gasteiger partial charge in [-0.3, -0.25) is 4.79 Å². The molecule has 3 unspecified atom stereocenters. The number of urea groups is 1. The maximum absolute atomic E-state index is 12.9. The molecule has 5 rings (SSSR count). The van der Waals surface area contributed by atoms with E-state index in [1.807, 2.05) is 25.7 Å². The normalized spacial score (nSPS) is 40.7. The summed E-state index contributed by atoms with van der Waals surface area (Å²) < 4.78 is 6.14. The fraction of sp³-hybridized carbons (Fsp3) is 0.909. The van der Waals surface area contributed by atoms with E-state index in [0.717, 1.165) is 38.8 Å². The molecule has 1 aliphatic heterocycles. The van der Waals surface area contributed by atoms with Crippen molar-refractivity contribution in [1.29, 1.82) is 0 Å². The number of carbonyl (C=O) groups excluding carboxylic acids is 2. The number of likely N-dealkylation sites (tertiary alicyclic amines) is 1. The first-order chi connectivity index (χ1) is 12.7. The van der Waals surface area contributed by atoms with E-state index >= 15 is 0 Å². The fourth-order valence-electron chi connectivity index (χ4n) is 6.27. The van der Waals surface area contributed by atoms with Crippen molar-refractivity contribution in [2.24, 2.45) is 29.1 Å². The highest BCUT2D eigenvalue weighted by molar-refractivity contribution is 5.76. The first-order valence-corrected chi connectivity index (χ1v) is 10.9. The van der Waals surface area contributed by atoms with E-state index in [2.05, 4.69) is 12.2 Å². The summed E-state index contributed by atoms with van der Waals surface area (Å²) in [5.41, 5.74) is -0.733. The van der Waals surface area contributed by atoms with Gasteiger partial charge in [-0.15, -0.1) is 0 Å². The monoisotopic (exact) mass is 376 g/mol. The van der Waals surface area contributed by atoms with Crippen LogP contribution in [-0.4, -0.2) is 41.6 Å². The summed E-state index contributed by atoms with van der Waals surface area (Å²) in [6, 6.07) is 0.382. The van der Waals surface area contributed by atoms with Crippen LogP contribution in [0.25, 0.3) is 0 Å². The lowest BCUT2D eigenvalue weighted by atomic mass is 9.52. The molecule has 4 saturated carbocycles. The van der Waals surface area contributed by atoms with Gasteiger partial charge in [0.15, 0.2) is 0 Å². The molecule has 5 fully saturated rings. The quantitative estimate of drug-likeness (QED) is 0.742. The second-order valence-electron chi connectivity index (χ2n) is 11.0. The average Bonchev–Trinajstić information content (AvgIpc) is 2.56. The highest BCUT2D eigenvalue weighted by atomic mass is 16.6. The average molecular weight is 377 g/mol. The first-order valence-electron chi connectivity index (χ1n) is 10.9. The number of hydrogen-bond acceptors (Lipinski definition) is 3. The number of nitrogens with zero attached hydrogens (tertiary/aromatic N) is 1. The van der Waals surface area contributed by atoms with Crippen molar-refractivity contribution in [3.05, 3.63) is 0 Å². The van der Waals surface area contributed by atoms with Gasteiger partial charge in [0.05, 0.1) is 5.41 Å². The molecule has 0 radical (unpaired) electrons. The van der Waals surface area contributed by atoms with Gasteiger partial charge < -0.3 is 15.0 Å². The molecule has 5 aliphatic rings. The summed E-state index contributed by atoms with van der Waals surface area (Å²) in [7, 11) is 0. The molecule has 3 atom stereocenters. The van der Waals surface area contributed by atoms with Crippen LogP contribution < -0.4 is 5.32 Å². The molecule has 4 bridgehead atoms. The lowest BCUT2D eigenvalue weighted by molar-refractivity contribution is -0.198. The van der Waals surface area contributed by atoms with Gasteiger partial charge in [-0.05, 0) is 89.4 Å². The Morgan fingerprint density at radius 1 is 1.11 bits per heavy atom. The molecule has 0 aromatic rings. The van der Waals surface area contributed by atoms with Crippen molar-refractivity contribution < 1.29 is 14.3 Å². The number of amides is 2. The van der Waals surface area contributed by atoms with Gasteiger partial charge in [-0.1, -0.05) is 6.92 Å². The molecule has 5 heteroatoms. The van der Waals surface area contributed by atoms with Crippen molar-refractivity contribution in [3.63, 3.8) is 0 Å². The van der Waals surface area contributed by atoms with Crippen LogP contribution in [0, 0.1) is 29.1 Å². The van der Waals surface area contributed by atoms with E-state index < -0.39 is 5.41 Å². The molecule has 152 valence electrons. The molecule has 1 N–H and O–H groups in total. The molecule has 4 aliphatic carbocycles. The SMILES string of the molecule is CC1CCCN(C(=O)NC2C3CC4CC2CC(OC(=O)C(C)(C)C)(C4)C3)C1. The van der Waals surface area contributed by atoms with Crippen molar-refractivity contribution in [2.75, 3.05) is 13.1 Å². The maximum Gasteiger partial charge on any atom is 0.317 e. The first kappa shape index (κ1) is 19.1. The summed E-state index contributed by atoms with van der Waals surface area (Å²) in [6.07, 6.45) is 7.54. The summed E-state index contributed by atoms with van der Waals surface area (Å²) in [5, 5.41) is 3.40. The summed E-state index contributed by atoms with van der Waals surface area (Å²) >= 11 is 0. The molecule has 0 aromatic heterocycles. The largest absolute Gasteiger partial charge is 0.459 e. The highest BCUT2D eigenvalue weighted by Crippen LogP contribution is 2.57. The van der Waals surface area contributed by atoms with E-state index in [0.29, 0.717) is 23.7 Å². The van der Waals surface area contributed by atoms with Crippen LogP contribution in [0.3, 0.4) is 0 Å². The zero-order chi connectivity index (χ0) is 19.4. The molecule has 1 saturated heterocycles. The van der Waals surface area contributed by atoms with E-state index in [-0.39, 0.29) is 23.6 Å². The third-order valence-electron chi connectivity index (χ3n) is 7.37. The lowest BCUT2D eigenvalue weighted by Crippen LogP contribution is -2.64. The van der Waals surface area contributed by atoms with Gasteiger partial charge in [-0.2, -0.15) is 0 Å². The van der Waals surface area contributed by atoms with Gasteiger partial charge in [-0.25, -0.2) is 4.79 Å². The van der Waals surface area contributed by atoms with Crippen LogP contribution >= 0.6 is 0 Å². The lowest BCUT2D eigenvalue weighted by Gasteiger charge is -2.59. The fourth-order valence-corrected chi connectivity index (χ4v) is 6.27. The van der Waals surface area contributed by atoms with E-state index in [4.69, 9.17) is 4.74 Å². The number of nitrogens with one attached hydrogen (secondary N) is 1. The predicted octanol–water partition coefficient (Wildman–Crippen LogP) is 3.96. The third kappa shape index (κ3) is 3.71. The van der Waals surface area contributed by atoms with Gasteiger partial charge in [0.2, 0.25) is 0 Å². The smallest absolute Gasteiger partial charge is 0.317 e. The minimum Gasteiger partial charge on any atom is -0.459 e. The molecular formula is C22H36N2O3. The van der Waals surface area contributed by atoms with Crippen LogP contribution in [0.15, 0.2) is 0 Å². The van der Waals surface area contributed by atoms with Gasteiger partial charge in [0.1, 0.15) is 5.60 Å². The van der Waals surface area contributed by atoms with Crippen LogP contribution in [0.4, 0.5) is 4.79 Å². The minimum absolute atomic E-state index is 0.0765. The Bertz CT molecular complexity index is 595. The number of rotatable bonds is 2. The Labute approximate surface area is 163 Å². The number of ether oxygens (including phenoxy) is 1. The number of hydrogen-bond donors (Lipinski definition) is 1. The Hall–Kier alpha value is -1.26. The molecular weight excluding hydrogens is 340 g/mol. The standard InChI is InChI=1S/C22H36N2O3/c1-14-6-5-7-24(13-14)20(26)23-18-16-8-15-9-17(18)12-22(10-15,11-16)27-19(25)21(2,3)4/h14-18H,5-13H2,1-4H3,(H,23,26). The minimum atomic E-state index is -0.456. The maximum atomic E-state index is 12.9. The molecule has 27 heavy (non-hydrogen) atoms. The molecule has 0 spiro atoms. The van der Waals surface area contributed by atoms with Crippen LogP contribution in [0.1, 0.15) is 72.6 Å². The van der Waals surface area contributed by atoms with Crippen molar-refractivity contribution in [2.45, 2.75) is 84.3 Å². The summed E-state index contributed by atoms with van der Waals surface area (Å²) in [5.74, 6) is 2.08. The summed E-state index contributed by atoms with van der Waals surface area (Å²) in [6.45, 7) is 9.78. The van der Waals surface area contributed by atoms with Crippen molar-refractivity contribution in [3.8, 4) is 0 Å². The van der Waals surface area contributed by atoms with Crippen LogP contribution in [-0.2, 0) is 9.53 Å². The molecule has 0 aromatic carbocycles. The van der Waals surface area contributed by atoms with Gasteiger partial charge in [0, 0.05) is 19.1 Å². The Morgan fingerprint density at radius 2 is 1.78 bits per heavy atom. The van der Waals surface area contributed by atoms with Gasteiger partial charge in [0.25, 0.3) is 0 Å². The Kier molecular flexibility index (Phi) is 4.71. The zero-order valence-corrected chi connectivity index (χ0v) is 17.4. The van der Waals surface area contributed by atoms with E-state index in [1.54, 1.807) is 0 Å². The van der Waals surface area contributed by atoms with Gasteiger partial charge >= 0.3 is 12.0 Å². The predicted molar refractivity (Wildman–Crippen MR) is 104 cm³/mol. The Balaban J connectivity index is 1.42. The second kappa shape index (κ2) is 6.66. The molecule has 5 nitrogen and oxygen atoms in total. The topological polar surface area (TPSA) is 58.6 Å². The van der Waals surface area contributed by atoms with Crippen LogP contribution in [0.2, 0.25) is 0 Å². The third-order valence-corrected chi connectivity index (χ3v) is 7.37. The van der Waals surface area contributed by atoms with E-state index in [9.17, 15) is 9.59 Å². The number of esters is 1. The highest BCUT2D eigenvalue weighted by Gasteiger charge is 2.58. The van der Waals surface area contributed by atoms with Crippen LogP contribution in [0.5, 0.6) is 0 Å². The second-order valence-corrected chi connectivity index (χ2v) is 11.0.